The summed E-state index contributed by atoms with van der Waals surface area (Å²) in [7, 11) is 0. The summed E-state index contributed by atoms with van der Waals surface area (Å²) in [6, 6.07) is -0.480. The van der Waals surface area contributed by atoms with Crippen molar-refractivity contribution in [3.05, 3.63) is 0 Å². The summed E-state index contributed by atoms with van der Waals surface area (Å²) in [6.45, 7) is 15.4. The van der Waals surface area contributed by atoms with Crippen molar-refractivity contribution in [2.75, 3.05) is 6.54 Å². The Kier molecular flexibility index (Phi) is 7.26. The van der Waals surface area contributed by atoms with Gasteiger partial charge in [0.1, 0.15) is 5.41 Å². The van der Waals surface area contributed by atoms with Crippen molar-refractivity contribution in [2.24, 2.45) is 5.41 Å². The van der Waals surface area contributed by atoms with E-state index in [4.69, 9.17) is 0 Å². The number of imide groups is 2. The molecule has 0 radical (unpaired) electrons. The van der Waals surface area contributed by atoms with Gasteiger partial charge >= 0.3 is 6.03 Å². The lowest BCUT2D eigenvalue weighted by atomic mass is 9.77. The second-order valence-electron chi connectivity index (χ2n) is 6.34. The van der Waals surface area contributed by atoms with E-state index < -0.39 is 17.0 Å². The van der Waals surface area contributed by atoms with Gasteiger partial charge in [-0.25, -0.2) is 4.79 Å². The van der Waals surface area contributed by atoms with Crippen LogP contribution < -0.4 is 0 Å². The number of hydrogen-bond acceptors (Lipinski definition) is 3. The van der Waals surface area contributed by atoms with E-state index in [0.717, 1.165) is 0 Å². The predicted octanol–water partition coefficient (Wildman–Crippen LogP) is 3.82. The van der Waals surface area contributed by atoms with Gasteiger partial charge in [0.15, 0.2) is 0 Å². The minimum Gasteiger partial charge on any atom is -0.273 e. The van der Waals surface area contributed by atoms with Gasteiger partial charge in [-0.15, -0.1) is 0 Å². The molecule has 0 spiro atoms. The highest BCUT2D eigenvalue weighted by Gasteiger charge is 2.57. The smallest absolute Gasteiger partial charge is 0.273 e. The lowest BCUT2D eigenvalue weighted by Gasteiger charge is -2.48. The Bertz CT molecular complexity index is 420. The molecule has 128 valence electrons. The maximum atomic E-state index is 12.8. The molecule has 1 fully saturated rings. The first-order valence-corrected chi connectivity index (χ1v) is 8.38. The van der Waals surface area contributed by atoms with Crippen LogP contribution in [0.1, 0.15) is 74.7 Å². The minimum absolute atomic E-state index is 0.333. The number of hydrogen-bond donors (Lipinski definition) is 0. The molecule has 1 saturated heterocycles. The average Bonchev–Trinajstić information content (AvgIpc) is 2.46. The highest BCUT2D eigenvalue weighted by molar-refractivity contribution is 6.19. The van der Waals surface area contributed by atoms with Gasteiger partial charge in [0.2, 0.25) is 11.8 Å². The molecule has 0 aliphatic carbocycles. The summed E-state index contributed by atoms with van der Waals surface area (Å²) in [6.07, 6.45) is 1.52. The first-order valence-electron chi connectivity index (χ1n) is 8.38. The monoisotopic (exact) mass is 312 g/mol. The molecule has 1 heterocycles. The zero-order chi connectivity index (χ0) is 17.7. The molecule has 0 aromatic carbocycles. The Labute approximate surface area is 135 Å². The molecular formula is C17H32N2O3. The summed E-state index contributed by atoms with van der Waals surface area (Å²) < 4.78 is 0. The lowest BCUT2D eigenvalue weighted by Crippen LogP contribution is -2.68. The van der Waals surface area contributed by atoms with Crippen LogP contribution in [0.5, 0.6) is 0 Å². The molecule has 1 aliphatic rings. The van der Waals surface area contributed by atoms with Gasteiger partial charge in [-0.3, -0.25) is 19.4 Å². The van der Waals surface area contributed by atoms with Crippen LogP contribution in [0.15, 0.2) is 0 Å². The van der Waals surface area contributed by atoms with E-state index in [0.29, 0.717) is 25.8 Å². The van der Waals surface area contributed by atoms with E-state index in [1.54, 1.807) is 0 Å². The molecular weight excluding hydrogens is 280 g/mol. The minimum atomic E-state index is -1.09. The van der Waals surface area contributed by atoms with Crippen molar-refractivity contribution in [2.45, 2.75) is 80.2 Å². The van der Waals surface area contributed by atoms with Gasteiger partial charge in [0.05, 0.1) is 0 Å². The number of rotatable bonds is 4. The molecule has 22 heavy (non-hydrogen) atoms. The fraction of sp³-hybridized carbons (Fsp3) is 0.824. The maximum absolute atomic E-state index is 12.8. The van der Waals surface area contributed by atoms with Crippen molar-refractivity contribution < 1.29 is 14.4 Å². The number of urea groups is 1. The normalized spacial score (nSPS) is 18.3. The fourth-order valence-corrected chi connectivity index (χ4v) is 2.73. The van der Waals surface area contributed by atoms with Crippen molar-refractivity contribution in [3.63, 3.8) is 0 Å². The van der Waals surface area contributed by atoms with Crippen LogP contribution in [0, 0.1) is 5.41 Å². The first kappa shape index (κ1) is 20.6. The molecule has 0 aromatic rings. The number of carbonyl (C=O) groups excluding carboxylic acids is 3. The first-order chi connectivity index (χ1) is 10.2. The molecule has 0 bridgehead atoms. The van der Waals surface area contributed by atoms with Crippen LogP contribution >= 0.6 is 0 Å². The van der Waals surface area contributed by atoms with E-state index in [1.165, 1.54) is 9.80 Å². The van der Waals surface area contributed by atoms with Crippen LogP contribution in [0.2, 0.25) is 0 Å². The Morgan fingerprint density at radius 3 is 1.68 bits per heavy atom. The van der Waals surface area contributed by atoms with Gasteiger partial charge < -0.3 is 0 Å². The van der Waals surface area contributed by atoms with Crippen LogP contribution in [-0.2, 0) is 9.59 Å². The Morgan fingerprint density at radius 1 is 0.909 bits per heavy atom. The Morgan fingerprint density at radius 2 is 1.36 bits per heavy atom. The summed E-state index contributed by atoms with van der Waals surface area (Å²) in [5.41, 5.74) is -1.72. The van der Waals surface area contributed by atoms with Gasteiger partial charge in [-0.1, -0.05) is 34.6 Å². The molecule has 1 rings (SSSR count). The summed E-state index contributed by atoms with van der Waals surface area (Å²) in [4.78, 5) is 40.5. The van der Waals surface area contributed by atoms with E-state index in [9.17, 15) is 14.4 Å². The van der Waals surface area contributed by atoms with E-state index in [2.05, 4.69) is 0 Å². The zero-order valence-corrected chi connectivity index (χ0v) is 15.4. The molecule has 1 aliphatic heterocycles. The predicted molar refractivity (Wildman–Crippen MR) is 88.4 cm³/mol. The topological polar surface area (TPSA) is 57.7 Å². The van der Waals surface area contributed by atoms with Gasteiger partial charge in [0.25, 0.3) is 0 Å². The lowest BCUT2D eigenvalue weighted by molar-refractivity contribution is -0.162. The third-order valence-corrected chi connectivity index (χ3v) is 4.01. The van der Waals surface area contributed by atoms with Gasteiger partial charge in [-0.2, -0.15) is 0 Å². The number of carbonyl (C=O) groups is 3. The van der Waals surface area contributed by atoms with Crippen LogP contribution in [0.3, 0.4) is 0 Å². The molecule has 0 N–H and O–H groups in total. The molecule has 5 nitrogen and oxygen atoms in total. The van der Waals surface area contributed by atoms with Crippen molar-refractivity contribution >= 4 is 17.8 Å². The van der Waals surface area contributed by atoms with Crippen molar-refractivity contribution in [1.82, 2.24) is 9.80 Å². The molecule has 5 heteroatoms. The third-order valence-electron chi connectivity index (χ3n) is 4.01. The molecule has 0 atom stereocenters. The summed E-state index contributed by atoms with van der Waals surface area (Å²) in [5.74, 6) is -0.683. The number of barbiturate groups is 1. The van der Waals surface area contributed by atoms with Crippen molar-refractivity contribution in [3.8, 4) is 0 Å². The molecule has 0 aromatic heterocycles. The van der Waals surface area contributed by atoms with E-state index in [-0.39, 0.29) is 11.8 Å². The van der Waals surface area contributed by atoms with Crippen LogP contribution in [-0.4, -0.2) is 39.7 Å². The zero-order valence-electron chi connectivity index (χ0n) is 15.4. The van der Waals surface area contributed by atoms with E-state index >= 15 is 0 Å². The second-order valence-corrected chi connectivity index (χ2v) is 6.34. The van der Waals surface area contributed by atoms with E-state index in [1.807, 2.05) is 55.4 Å². The van der Waals surface area contributed by atoms with Crippen LogP contribution in [0.4, 0.5) is 4.79 Å². The second kappa shape index (κ2) is 7.75. The summed E-state index contributed by atoms with van der Waals surface area (Å²) in [5, 5.41) is 0. The Balaban J connectivity index is 0.00000211. The highest BCUT2D eigenvalue weighted by Crippen LogP contribution is 2.38. The number of nitrogens with zero attached hydrogens (tertiary/aromatic N) is 2. The van der Waals surface area contributed by atoms with Gasteiger partial charge in [0, 0.05) is 12.1 Å². The standard InChI is InChI=1S/C15H26N2O3.C2H6/c1-7-10-16-11(18)15(8-2,9-3)12(19)17(13(16)20)14(4,5)6;1-2/h7-10H2,1-6H3;1-2H3. The van der Waals surface area contributed by atoms with Crippen molar-refractivity contribution in [1.29, 1.82) is 0 Å². The SMILES string of the molecule is CC.CCCN1C(=O)N(C(C)(C)C)C(=O)C(CC)(CC)C1=O. The molecule has 4 amide bonds. The average molecular weight is 312 g/mol. The highest BCUT2D eigenvalue weighted by atomic mass is 16.2. The maximum Gasteiger partial charge on any atom is 0.333 e. The summed E-state index contributed by atoms with van der Waals surface area (Å²) >= 11 is 0. The fourth-order valence-electron chi connectivity index (χ4n) is 2.73. The van der Waals surface area contributed by atoms with Gasteiger partial charge in [-0.05, 0) is 40.0 Å². The largest absolute Gasteiger partial charge is 0.333 e. The van der Waals surface area contributed by atoms with Crippen LogP contribution in [0.25, 0.3) is 0 Å². The Hall–Kier alpha value is -1.39. The molecule has 0 saturated carbocycles. The molecule has 0 unspecified atom stereocenters. The number of amides is 4. The third kappa shape index (κ3) is 3.33. The quantitative estimate of drug-likeness (QED) is 0.741.